The van der Waals surface area contributed by atoms with Gasteiger partial charge in [-0.15, -0.1) is 0 Å². The SMILES string of the molecule is O=C(NC1CCCCC1NC1CCCN(c2ccc(C(F)(F)F)cc2)C1)OCCOCc1ccccc1. The number of amides is 1. The topological polar surface area (TPSA) is 62.8 Å². The average molecular weight is 520 g/mol. The molecular weight excluding hydrogens is 483 g/mol. The normalized spacial score (nSPS) is 22.5. The Hall–Kier alpha value is -2.78. The first-order chi connectivity index (χ1) is 17.9. The number of alkyl halides is 3. The number of anilines is 1. The number of piperidine rings is 1. The van der Waals surface area contributed by atoms with Crippen molar-refractivity contribution in [3.05, 3.63) is 65.7 Å². The van der Waals surface area contributed by atoms with Gasteiger partial charge >= 0.3 is 12.3 Å². The van der Waals surface area contributed by atoms with Gasteiger partial charge in [-0.2, -0.15) is 13.2 Å². The van der Waals surface area contributed by atoms with Gasteiger partial charge in [0.05, 0.1) is 18.8 Å². The van der Waals surface area contributed by atoms with Crippen molar-refractivity contribution < 1.29 is 27.4 Å². The van der Waals surface area contributed by atoms with E-state index in [-0.39, 0.29) is 24.7 Å². The smallest absolute Gasteiger partial charge is 0.416 e. The molecule has 3 unspecified atom stereocenters. The Balaban J connectivity index is 1.21. The standard InChI is InChI=1S/C28H36F3N3O3/c29-28(30,31)22-12-14-24(15-13-22)34-16-6-9-23(19-34)32-25-10-4-5-11-26(25)33-27(35)37-18-17-36-20-21-7-2-1-3-8-21/h1-3,7-8,12-15,23,25-26,32H,4-6,9-11,16-20H2,(H,33,35). The molecule has 2 aliphatic rings. The summed E-state index contributed by atoms with van der Waals surface area (Å²) in [6, 6.07) is 15.5. The van der Waals surface area contributed by atoms with Gasteiger partial charge in [-0.3, -0.25) is 0 Å². The Morgan fingerprint density at radius 3 is 2.38 bits per heavy atom. The lowest BCUT2D eigenvalue weighted by molar-refractivity contribution is -0.137. The van der Waals surface area contributed by atoms with Crippen LogP contribution in [0.15, 0.2) is 54.6 Å². The fourth-order valence-corrected chi connectivity index (χ4v) is 5.17. The van der Waals surface area contributed by atoms with Crippen LogP contribution in [0, 0.1) is 0 Å². The Labute approximate surface area is 216 Å². The molecule has 2 aromatic carbocycles. The quantitative estimate of drug-likeness (QED) is 0.428. The molecule has 37 heavy (non-hydrogen) atoms. The highest BCUT2D eigenvalue weighted by molar-refractivity contribution is 5.67. The molecule has 3 atom stereocenters. The molecule has 1 saturated heterocycles. The highest BCUT2D eigenvalue weighted by Crippen LogP contribution is 2.31. The summed E-state index contributed by atoms with van der Waals surface area (Å²) >= 11 is 0. The van der Waals surface area contributed by atoms with E-state index < -0.39 is 17.8 Å². The van der Waals surface area contributed by atoms with Crippen LogP contribution in [0.25, 0.3) is 0 Å². The minimum atomic E-state index is -4.33. The van der Waals surface area contributed by atoms with Crippen LogP contribution in [0.4, 0.5) is 23.7 Å². The van der Waals surface area contributed by atoms with Crippen LogP contribution in [0.2, 0.25) is 0 Å². The first-order valence-electron chi connectivity index (χ1n) is 13.1. The van der Waals surface area contributed by atoms with Gasteiger partial charge < -0.3 is 25.0 Å². The second kappa shape index (κ2) is 13.1. The number of ether oxygens (including phenoxy) is 2. The number of hydrogen-bond acceptors (Lipinski definition) is 5. The van der Waals surface area contributed by atoms with Gasteiger partial charge in [-0.25, -0.2) is 4.79 Å². The number of alkyl carbamates (subject to hydrolysis) is 1. The Kier molecular flexibility index (Phi) is 9.68. The van der Waals surface area contributed by atoms with E-state index >= 15 is 0 Å². The third-order valence-corrected chi connectivity index (χ3v) is 7.07. The molecule has 0 aromatic heterocycles. The van der Waals surface area contributed by atoms with E-state index in [4.69, 9.17) is 9.47 Å². The van der Waals surface area contributed by atoms with E-state index in [2.05, 4.69) is 15.5 Å². The molecule has 1 saturated carbocycles. The van der Waals surface area contributed by atoms with Crippen molar-refractivity contribution in [1.29, 1.82) is 0 Å². The van der Waals surface area contributed by atoms with Crippen molar-refractivity contribution >= 4 is 11.8 Å². The molecule has 2 aromatic rings. The van der Waals surface area contributed by atoms with E-state index in [1.807, 2.05) is 30.3 Å². The van der Waals surface area contributed by atoms with E-state index in [9.17, 15) is 18.0 Å². The summed E-state index contributed by atoms with van der Waals surface area (Å²) in [5.74, 6) is 0. The molecule has 1 aliphatic heterocycles. The monoisotopic (exact) mass is 519 g/mol. The van der Waals surface area contributed by atoms with Crippen molar-refractivity contribution in [3.63, 3.8) is 0 Å². The summed E-state index contributed by atoms with van der Waals surface area (Å²) in [5, 5.41) is 6.76. The van der Waals surface area contributed by atoms with Gasteiger partial charge in [0.25, 0.3) is 0 Å². The van der Waals surface area contributed by atoms with Crippen molar-refractivity contribution in [2.24, 2.45) is 0 Å². The summed E-state index contributed by atoms with van der Waals surface area (Å²) in [5.41, 5.74) is 1.24. The molecule has 202 valence electrons. The fraction of sp³-hybridized carbons (Fsp3) is 0.536. The van der Waals surface area contributed by atoms with Crippen molar-refractivity contribution in [3.8, 4) is 0 Å². The molecule has 0 spiro atoms. The number of carbonyl (C=O) groups is 1. The van der Waals surface area contributed by atoms with Gasteiger partial charge in [0.2, 0.25) is 0 Å². The van der Waals surface area contributed by atoms with E-state index in [1.54, 1.807) is 12.1 Å². The van der Waals surface area contributed by atoms with Gasteiger partial charge in [-0.05, 0) is 55.5 Å². The molecular formula is C28H36F3N3O3. The molecule has 2 N–H and O–H groups in total. The maximum Gasteiger partial charge on any atom is 0.416 e. The van der Waals surface area contributed by atoms with Crippen LogP contribution < -0.4 is 15.5 Å². The van der Waals surface area contributed by atoms with Crippen LogP contribution in [0.3, 0.4) is 0 Å². The van der Waals surface area contributed by atoms with Crippen LogP contribution in [-0.2, 0) is 22.3 Å². The Morgan fingerprint density at radius 1 is 0.919 bits per heavy atom. The minimum absolute atomic E-state index is 0.0204. The number of hydrogen-bond donors (Lipinski definition) is 2. The van der Waals surface area contributed by atoms with Gasteiger partial charge in [0, 0.05) is 36.9 Å². The average Bonchev–Trinajstić information content (AvgIpc) is 2.90. The number of nitrogens with one attached hydrogen (secondary N) is 2. The number of rotatable bonds is 9. The number of carbonyl (C=O) groups excluding carboxylic acids is 1. The molecule has 4 rings (SSSR count). The first kappa shape index (κ1) is 27.3. The molecule has 1 aliphatic carbocycles. The molecule has 2 fully saturated rings. The molecule has 0 bridgehead atoms. The molecule has 1 amide bonds. The zero-order valence-electron chi connectivity index (χ0n) is 21.0. The maximum atomic E-state index is 12.9. The lowest BCUT2D eigenvalue weighted by Gasteiger charge is -2.40. The lowest BCUT2D eigenvalue weighted by atomic mass is 9.89. The van der Waals surface area contributed by atoms with Crippen molar-refractivity contribution in [2.75, 3.05) is 31.2 Å². The number of benzene rings is 2. The van der Waals surface area contributed by atoms with Crippen LogP contribution in [0.5, 0.6) is 0 Å². The van der Waals surface area contributed by atoms with Gasteiger partial charge in [0.15, 0.2) is 0 Å². The van der Waals surface area contributed by atoms with Crippen molar-refractivity contribution in [1.82, 2.24) is 10.6 Å². The zero-order valence-corrected chi connectivity index (χ0v) is 21.0. The Morgan fingerprint density at radius 2 is 1.65 bits per heavy atom. The summed E-state index contributed by atoms with van der Waals surface area (Å²) in [6.07, 6.45) is 1.16. The predicted octanol–water partition coefficient (Wildman–Crippen LogP) is 5.52. The molecule has 0 radical (unpaired) electrons. The first-order valence-corrected chi connectivity index (χ1v) is 13.1. The van der Waals surface area contributed by atoms with Crippen LogP contribution >= 0.6 is 0 Å². The van der Waals surface area contributed by atoms with E-state index in [0.717, 1.165) is 75.0 Å². The summed E-state index contributed by atoms with van der Waals surface area (Å²) < 4.78 is 49.6. The largest absolute Gasteiger partial charge is 0.447 e. The number of halogens is 3. The summed E-state index contributed by atoms with van der Waals surface area (Å²) in [4.78, 5) is 14.5. The third kappa shape index (κ3) is 8.36. The zero-order chi connectivity index (χ0) is 26.1. The molecule has 6 nitrogen and oxygen atoms in total. The van der Waals surface area contributed by atoms with E-state index in [0.29, 0.717) is 13.2 Å². The van der Waals surface area contributed by atoms with E-state index in [1.165, 1.54) is 0 Å². The summed E-state index contributed by atoms with van der Waals surface area (Å²) in [6.45, 7) is 2.53. The third-order valence-electron chi connectivity index (χ3n) is 7.07. The summed E-state index contributed by atoms with van der Waals surface area (Å²) in [7, 11) is 0. The molecule has 1 heterocycles. The lowest BCUT2D eigenvalue weighted by Crippen LogP contribution is -2.57. The predicted molar refractivity (Wildman–Crippen MR) is 136 cm³/mol. The minimum Gasteiger partial charge on any atom is -0.447 e. The second-order valence-corrected chi connectivity index (χ2v) is 9.81. The maximum absolute atomic E-state index is 12.9. The molecule has 9 heteroatoms. The van der Waals surface area contributed by atoms with Gasteiger partial charge in [0.1, 0.15) is 6.61 Å². The van der Waals surface area contributed by atoms with Gasteiger partial charge in [-0.1, -0.05) is 43.2 Å². The Bertz CT molecular complexity index is 972. The number of nitrogens with zero attached hydrogens (tertiary/aromatic N) is 1. The second-order valence-electron chi connectivity index (χ2n) is 9.81. The van der Waals surface area contributed by atoms with Crippen LogP contribution in [0.1, 0.15) is 49.7 Å². The highest BCUT2D eigenvalue weighted by atomic mass is 19.4. The van der Waals surface area contributed by atoms with Crippen LogP contribution in [-0.4, -0.2) is 50.5 Å². The van der Waals surface area contributed by atoms with Crippen molar-refractivity contribution in [2.45, 2.75) is 69.4 Å². The highest BCUT2D eigenvalue weighted by Gasteiger charge is 2.32. The fourth-order valence-electron chi connectivity index (χ4n) is 5.17.